The van der Waals surface area contributed by atoms with Crippen LogP contribution in [0.1, 0.15) is 18.2 Å². The van der Waals surface area contributed by atoms with E-state index in [1.165, 1.54) is 10.8 Å². The van der Waals surface area contributed by atoms with Gasteiger partial charge in [-0.2, -0.15) is 0 Å². The third-order valence-electron chi connectivity index (χ3n) is 14.2. The van der Waals surface area contributed by atoms with Crippen LogP contribution in [0.5, 0.6) is 0 Å². The zero-order chi connectivity index (χ0) is 45.9. The molecule has 15 rings (SSSR count). The highest BCUT2D eigenvalue weighted by molar-refractivity contribution is 6.20. The normalized spacial score (nSPS) is 14.0. The van der Waals surface area contributed by atoms with Crippen LogP contribution in [0.4, 0.5) is 0 Å². The van der Waals surface area contributed by atoms with E-state index in [1.807, 2.05) is 42.5 Å². The molecule has 0 spiro atoms. The van der Waals surface area contributed by atoms with Crippen LogP contribution < -0.4 is 0 Å². The van der Waals surface area contributed by atoms with Crippen molar-refractivity contribution in [2.75, 3.05) is 0 Å². The molecule has 0 aliphatic heterocycles. The molecule has 9 aromatic carbocycles. The van der Waals surface area contributed by atoms with Gasteiger partial charge < -0.3 is 18.0 Å². The topological polar surface area (TPSA) is 74.8 Å². The molecular weight excluding hydrogens is 859 g/mol. The summed E-state index contributed by atoms with van der Waals surface area (Å²) in [5.74, 6) is 2.11. The minimum absolute atomic E-state index is 0.0556. The number of allylic oxidation sites excluding steroid dienone is 4. The Morgan fingerprint density at radius 3 is 1.64 bits per heavy atom. The van der Waals surface area contributed by atoms with Crippen LogP contribution in [0.15, 0.2) is 227 Å². The first-order valence-corrected chi connectivity index (χ1v) is 23.8. The van der Waals surface area contributed by atoms with Crippen LogP contribution in [0.2, 0.25) is 0 Å². The lowest BCUT2D eigenvalue weighted by molar-refractivity contribution is 0.669. The monoisotopic (exact) mass is 897 g/mol. The highest BCUT2D eigenvalue weighted by Gasteiger charge is 2.22. The Hall–Kier alpha value is -9.33. The van der Waals surface area contributed by atoms with Gasteiger partial charge in [-0.15, -0.1) is 0 Å². The van der Waals surface area contributed by atoms with Crippen molar-refractivity contribution in [2.24, 2.45) is 0 Å². The lowest BCUT2D eigenvalue weighted by atomic mass is 10.00. The average Bonchev–Trinajstić information content (AvgIpc) is 4.17. The number of rotatable bonds is 6. The van der Waals surface area contributed by atoms with E-state index in [-0.39, 0.29) is 5.92 Å². The highest BCUT2D eigenvalue weighted by atomic mass is 16.3. The number of nitrogens with zero attached hydrogens (tertiary/aromatic N) is 5. The number of hydrogen-bond acceptors (Lipinski definition) is 5. The summed E-state index contributed by atoms with van der Waals surface area (Å²) in [6, 6.07) is 68.8. The molecule has 1 aliphatic rings. The van der Waals surface area contributed by atoms with Crippen molar-refractivity contribution < 1.29 is 8.83 Å². The van der Waals surface area contributed by atoms with Crippen LogP contribution in [-0.2, 0) is 0 Å². The van der Waals surface area contributed by atoms with E-state index in [0.29, 0.717) is 11.6 Å². The third kappa shape index (κ3) is 5.98. The fourth-order valence-electron chi connectivity index (χ4n) is 10.9. The molecule has 1 atom stereocenters. The second-order valence-corrected chi connectivity index (χ2v) is 18.3. The summed E-state index contributed by atoms with van der Waals surface area (Å²) in [6.07, 6.45) is 9.35. The lowest BCUT2D eigenvalue weighted by Gasteiger charge is -2.15. The largest absolute Gasteiger partial charge is 0.456 e. The van der Waals surface area contributed by atoms with Gasteiger partial charge in [-0.25, -0.2) is 15.0 Å². The molecule has 0 fully saturated rings. The van der Waals surface area contributed by atoms with E-state index in [0.717, 1.165) is 123 Å². The van der Waals surface area contributed by atoms with Crippen molar-refractivity contribution in [3.63, 3.8) is 0 Å². The molecule has 0 radical (unpaired) electrons. The molecule has 5 aromatic heterocycles. The van der Waals surface area contributed by atoms with Crippen molar-refractivity contribution >= 4 is 87.5 Å². The smallest absolute Gasteiger partial charge is 0.163 e. The summed E-state index contributed by atoms with van der Waals surface area (Å²) < 4.78 is 17.7. The Balaban J connectivity index is 0.948. The molecule has 0 saturated heterocycles. The SMILES string of the molecule is C1=CCC(c2nc(-c3ccccc3)nc(-c3cccc(-n4c5cc(-c6ccc7c(c6)c6cc8c(cc6n7-c6ccccc6)oc6ccccc68)ccc5c5cc6c(cc54)oc4ccccc46)c3)n2)C=C1. The predicted octanol–water partition coefficient (Wildman–Crippen LogP) is 16.5. The van der Waals surface area contributed by atoms with E-state index in [4.69, 9.17) is 23.8 Å². The summed E-state index contributed by atoms with van der Waals surface area (Å²) >= 11 is 0. The number of furan rings is 2. The van der Waals surface area contributed by atoms with Crippen LogP contribution in [0.25, 0.3) is 133 Å². The summed E-state index contributed by atoms with van der Waals surface area (Å²) in [5.41, 5.74) is 14.1. The molecule has 7 heteroatoms. The number of fused-ring (bicyclic) bond motifs is 12. The van der Waals surface area contributed by atoms with Gasteiger partial charge in [0.1, 0.15) is 28.2 Å². The fraction of sp³-hybridized carbons (Fsp3) is 0.0317. The second kappa shape index (κ2) is 15.1. The Kier molecular flexibility index (Phi) is 8.35. The quantitative estimate of drug-likeness (QED) is 0.166. The standard InChI is InChI=1S/C63H39N5O2/c1-4-15-38(16-5-1)61-64-62(39-17-6-2-7-18-39)66-63(65-61)42-19-14-22-44(31-42)68-54-33-41(27-29-45(54)49-34-51-46-23-10-12-25-57(46)69-59(51)36-55(49)68)40-28-30-53-48(32-40)50-35-52-47-24-11-13-26-58(47)70-60(52)37-56(50)67(53)43-20-8-3-9-21-43/h1-17,19-37,39H,18H2. The lowest BCUT2D eigenvalue weighted by Crippen LogP contribution is -2.08. The molecule has 14 aromatic rings. The molecule has 7 nitrogen and oxygen atoms in total. The van der Waals surface area contributed by atoms with Gasteiger partial charge in [0.15, 0.2) is 11.6 Å². The van der Waals surface area contributed by atoms with Crippen molar-refractivity contribution in [3.8, 4) is 45.3 Å². The van der Waals surface area contributed by atoms with E-state index in [9.17, 15) is 0 Å². The van der Waals surface area contributed by atoms with Gasteiger partial charge in [-0.05, 0) is 84.3 Å². The minimum atomic E-state index is 0.0556. The van der Waals surface area contributed by atoms with E-state index < -0.39 is 0 Å². The van der Waals surface area contributed by atoms with Crippen LogP contribution in [0, 0.1) is 0 Å². The average molecular weight is 898 g/mol. The van der Waals surface area contributed by atoms with Crippen LogP contribution in [-0.4, -0.2) is 24.1 Å². The summed E-state index contributed by atoms with van der Waals surface area (Å²) in [7, 11) is 0. The van der Waals surface area contributed by atoms with Gasteiger partial charge in [-0.1, -0.05) is 140 Å². The first-order chi connectivity index (χ1) is 34.7. The molecule has 5 heterocycles. The first kappa shape index (κ1) is 38.7. The van der Waals surface area contributed by atoms with E-state index >= 15 is 0 Å². The van der Waals surface area contributed by atoms with Gasteiger partial charge in [0.2, 0.25) is 0 Å². The zero-order valence-corrected chi connectivity index (χ0v) is 37.6. The van der Waals surface area contributed by atoms with E-state index in [2.05, 4.69) is 185 Å². The maximum Gasteiger partial charge on any atom is 0.163 e. The molecule has 0 N–H and O–H groups in total. The molecule has 0 saturated carbocycles. The Bertz CT molecular complexity index is 4510. The van der Waals surface area contributed by atoms with Gasteiger partial charge in [0, 0.05) is 83.6 Å². The summed E-state index contributed by atoms with van der Waals surface area (Å²) in [6.45, 7) is 0. The number of aromatic nitrogens is 5. The summed E-state index contributed by atoms with van der Waals surface area (Å²) in [4.78, 5) is 15.4. The van der Waals surface area contributed by atoms with Crippen molar-refractivity contribution in [1.29, 1.82) is 0 Å². The molecule has 0 amide bonds. The predicted molar refractivity (Wildman–Crippen MR) is 285 cm³/mol. The number of para-hydroxylation sites is 3. The zero-order valence-electron chi connectivity index (χ0n) is 37.6. The molecule has 0 bridgehead atoms. The molecule has 1 aliphatic carbocycles. The molecule has 328 valence electrons. The van der Waals surface area contributed by atoms with E-state index in [1.54, 1.807) is 0 Å². The first-order valence-electron chi connectivity index (χ1n) is 23.8. The Morgan fingerprint density at radius 2 is 0.929 bits per heavy atom. The van der Waals surface area contributed by atoms with Crippen molar-refractivity contribution in [1.82, 2.24) is 24.1 Å². The van der Waals surface area contributed by atoms with Crippen LogP contribution >= 0.6 is 0 Å². The van der Waals surface area contributed by atoms with Gasteiger partial charge in [-0.3, -0.25) is 0 Å². The summed E-state index contributed by atoms with van der Waals surface area (Å²) in [5, 5.41) is 9.07. The second-order valence-electron chi connectivity index (χ2n) is 18.3. The highest BCUT2D eigenvalue weighted by Crippen LogP contribution is 2.43. The van der Waals surface area contributed by atoms with Gasteiger partial charge in [0.25, 0.3) is 0 Å². The van der Waals surface area contributed by atoms with Crippen molar-refractivity contribution in [2.45, 2.75) is 12.3 Å². The van der Waals surface area contributed by atoms with Crippen LogP contribution in [0.3, 0.4) is 0 Å². The molecule has 70 heavy (non-hydrogen) atoms. The Labute approximate surface area is 400 Å². The Morgan fingerprint density at radius 1 is 0.357 bits per heavy atom. The van der Waals surface area contributed by atoms with Gasteiger partial charge in [0.05, 0.1) is 22.1 Å². The number of benzene rings is 9. The van der Waals surface area contributed by atoms with Crippen molar-refractivity contribution in [3.05, 3.63) is 224 Å². The third-order valence-corrected chi connectivity index (χ3v) is 14.2. The van der Waals surface area contributed by atoms with Gasteiger partial charge >= 0.3 is 0 Å². The minimum Gasteiger partial charge on any atom is -0.456 e. The maximum atomic E-state index is 6.56. The molecule has 1 unspecified atom stereocenters. The molecular formula is C63H39N5O2. The fourth-order valence-corrected chi connectivity index (χ4v) is 10.9. The maximum absolute atomic E-state index is 6.56. The number of hydrogen-bond donors (Lipinski definition) is 0.